The first-order valence-corrected chi connectivity index (χ1v) is 8.12. The van der Waals surface area contributed by atoms with Crippen LogP contribution in [-0.2, 0) is 6.54 Å². The number of benzene rings is 1. The van der Waals surface area contributed by atoms with Crippen molar-refractivity contribution in [3.05, 3.63) is 17.7 Å². The van der Waals surface area contributed by atoms with E-state index in [4.69, 9.17) is 14.2 Å². The molecule has 2 aliphatic rings. The van der Waals surface area contributed by atoms with Crippen LogP contribution in [-0.4, -0.2) is 51.9 Å². The molecule has 3 rings (SSSR count). The minimum absolute atomic E-state index is 0.580. The minimum atomic E-state index is 0.580. The summed E-state index contributed by atoms with van der Waals surface area (Å²) in [6, 6.07) is 4.09. The summed E-state index contributed by atoms with van der Waals surface area (Å²) in [5.74, 6) is 3.07. The van der Waals surface area contributed by atoms with Crippen molar-refractivity contribution in [2.45, 2.75) is 19.4 Å². The van der Waals surface area contributed by atoms with Crippen molar-refractivity contribution >= 4 is 0 Å². The van der Waals surface area contributed by atoms with E-state index in [-0.39, 0.29) is 0 Å². The summed E-state index contributed by atoms with van der Waals surface area (Å²) >= 11 is 0. The van der Waals surface area contributed by atoms with Gasteiger partial charge < -0.3 is 24.4 Å². The molecule has 5 heteroatoms. The summed E-state index contributed by atoms with van der Waals surface area (Å²) < 4.78 is 16.7. The summed E-state index contributed by atoms with van der Waals surface area (Å²) in [5.41, 5.74) is 1.18. The van der Waals surface area contributed by atoms with E-state index in [9.17, 15) is 0 Å². The van der Waals surface area contributed by atoms with E-state index < -0.39 is 0 Å². The maximum Gasteiger partial charge on any atom is 0.203 e. The van der Waals surface area contributed by atoms with Crippen LogP contribution in [0.3, 0.4) is 0 Å². The fourth-order valence-corrected chi connectivity index (χ4v) is 3.12. The maximum absolute atomic E-state index is 5.68. The monoisotopic (exact) mass is 306 g/mol. The molecule has 0 aliphatic carbocycles. The summed E-state index contributed by atoms with van der Waals surface area (Å²) in [5, 5.41) is 3.57. The Bertz CT molecular complexity index is 482. The quantitative estimate of drug-likeness (QED) is 0.900. The molecule has 1 saturated heterocycles. The number of methoxy groups -OCH3 is 1. The third-order valence-corrected chi connectivity index (χ3v) is 4.49. The number of rotatable bonds is 5. The van der Waals surface area contributed by atoms with Gasteiger partial charge in [-0.3, -0.25) is 0 Å². The standard InChI is InChI=1S/C17H26N2O3/c1-19-5-3-13(4-6-19)11-18-12-14-9-15(20-2)17-16(10-14)21-7-8-22-17/h9-10,13,18H,3-8,11-12H2,1-2H3. The van der Waals surface area contributed by atoms with E-state index in [1.165, 1.54) is 31.5 Å². The van der Waals surface area contributed by atoms with Gasteiger partial charge in [-0.2, -0.15) is 0 Å². The average Bonchev–Trinajstić information content (AvgIpc) is 2.56. The predicted molar refractivity (Wildman–Crippen MR) is 85.9 cm³/mol. The summed E-state index contributed by atoms with van der Waals surface area (Å²) in [6.45, 7) is 5.51. The summed E-state index contributed by atoms with van der Waals surface area (Å²) in [6.07, 6.45) is 2.57. The smallest absolute Gasteiger partial charge is 0.203 e. The molecular formula is C17H26N2O3. The van der Waals surface area contributed by atoms with Crippen molar-refractivity contribution in [1.29, 1.82) is 0 Å². The third-order valence-electron chi connectivity index (χ3n) is 4.49. The molecule has 122 valence electrons. The highest BCUT2D eigenvalue weighted by atomic mass is 16.6. The number of piperidine rings is 1. The molecule has 0 saturated carbocycles. The van der Waals surface area contributed by atoms with Gasteiger partial charge in [0.25, 0.3) is 0 Å². The zero-order valence-corrected chi connectivity index (χ0v) is 13.6. The third kappa shape index (κ3) is 3.65. The van der Waals surface area contributed by atoms with Crippen molar-refractivity contribution in [2.75, 3.05) is 47.0 Å². The number of ether oxygens (including phenoxy) is 3. The normalized spacial score (nSPS) is 19.2. The first-order chi connectivity index (χ1) is 10.8. The fraction of sp³-hybridized carbons (Fsp3) is 0.647. The van der Waals surface area contributed by atoms with E-state index in [0.29, 0.717) is 13.2 Å². The molecule has 0 spiro atoms. The molecule has 0 atom stereocenters. The van der Waals surface area contributed by atoms with Gasteiger partial charge in [-0.1, -0.05) is 0 Å². The highest BCUT2D eigenvalue weighted by molar-refractivity contribution is 5.54. The van der Waals surface area contributed by atoms with Gasteiger partial charge in [0.05, 0.1) is 7.11 Å². The second-order valence-corrected chi connectivity index (χ2v) is 6.20. The van der Waals surface area contributed by atoms with E-state index in [1.807, 2.05) is 6.07 Å². The second-order valence-electron chi connectivity index (χ2n) is 6.20. The Morgan fingerprint density at radius 1 is 1.23 bits per heavy atom. The molecule has 1 N–H and O–H groups in total. The van der Waals surface area contributed by atoms with Crippen LogP contribution in [0.4, 0.5) is 0 Å². The molecule has 0 aromatic heterocycles. The Kier molecular flexibility index (Phi) is 5.05. The molecule has 2 heterocycles. The van der Waals surface area contributed by atoms with Crippen LogP contribution in [0.5, 0.6) is 17.2 Å². The Labute approximate surface area is 132 Å². The van der Waals surface area contributed by atoms with E-state index >= 15 is 0 Å². The van der Waals surface area contributed by atoms with Crippen LogP contribution in [0.15, 0.2) is 12.1 Å². The lowest BCUT2D eigenvalue weighted by molar-refractivity contribution is 0.165. The van der Waals surface area contributed by atoms with Crippen LogP contribution >= 0.6 is 0 Å². The molecule has 0 radical (unpaired) electrons. The lowest BCUT2D eigenvalue weighted by Crippen LogP contribution is -2.34. The van der Waals surface area contributed by atoms with Crippen LogP contribution in [0.2, 0.25) is 0 Å². The lowest BCUT2D eigenvalue weighted by atomic mass is 9.97. The highest BCUT2D eigenvalue weighted by Crippen LogP contribution is 2.40. The molecular weight excluding hydrogens is 280 g/mol. The number of likely N-dealkylation sites (tertiary alicyclic amines) is 1. The van der Waals surface area contributed by atoms with Crippen LogP contribution in [0, 0.1) is 5.92 Å². The molecule has 1 aromatic carbocycles. The number of hydrogen-bond donors (Lipinski definition) is 1. The molecule has 0 amide bonds. The summed E-state index contributed by atoms with van der Waals surface area (Å²) in [4.78, 5) is 2.40. The lowest BCUT2D eigenvalue weighted by Gasteiger charge is -2.29. The van der Waals surface area contributed by atoms with Gasteiger partial charge in [0.1, 0.15) is 13.2 Å². The Hall–Kier alpha value is -1.46. The molecule has 0 unspecified atom stereocenters. The van der Waals surface area contributed by atoms with Crippen molar-refractivity contribution in [3.8, 4) is 17.2 Å². The van der Waals surface area contributed by atoms with Crippen LogP contribution in [0.25, 0.3) is 0 Å². The van der Waals surface area contributed by atoms with Crippen molar-refractivity contribution in [1.82, 2.24) is 10.2 Å². The molecule has 1 fully saturated rings. The van der Waals surface area contributed by atoms with Crippen molar-refractivity contribution in [3.63, 3.8) is 0 Å². The minimum Gasteiger partial charge on any atom is -0.493 e. The number of nitrogens with zero attached hydrogens (tertiary/aromatic N) is 1. The van der Waals surface area contributed by atoms with Crippen LogP contribution in [0.1, 0.15) is 18.4 Å². The number of nitrogens with one attached hydrogen (secondary N) is 1. The van der Waals surface area contributed by atoms with Gasteiger partial charge >= 0.3 is 0 Å². The van der Waals surface area contributed by atoms with E-state index in [1.54, 1.807) is 7.11 Å². The average molecular weight is 306 g/mol. The van der Waals surface area contributed by atoms with Gasteiger partial charge in [-0.25, -0.2) is 0 Å². The first-order valence-electron chi connectivity index (χ1n) is 8.12. The molecule has 22 heavy (non-hydrogen) atoms. The summed E-state index contributed by atoms with van der Waals surface area (Å²) in [7, 11) is 3.87. The van der Waals surface area contributed by atoms with E-state index in [2.05, 4.69) is 23.3 Å². The zero-order valence-electron chi connectivity index (χ0n) is 13.6. The Morgan fingerprint density at radius 2 is 2.00 bits per heavy atom. The molecule has 0 bridgehead atoms. The zero-order chi connectivity index (χ0) is 15.4. The first kappa shape index (κ1) is 15.4. The van der Waals surface area contributed by atoms with Gasteiger partial charge in [0.15, 0.2) is 11.5 Å². The van der Waals surface area contributed by atoms with Crippen molar-refractivity contribution < 1.29 is 14.2 Å². The van der Waals surface area contributed by atoms with Gasteiger partial charge in [0, 0.05) is 6.54 Å². The molecule has 1 aromatic rings. The number of hydrogen-bond acceptors (Lipinski definition) is 5. The fourth-order valence-electron chi connectivity index (χ4n) is 3.12. The maximum atomic E-state index is 5.68. The predicted octanol–water partition coefficient (Wildman–Crippen LogP) is 1.90. The Morgan fingerprint density at radius 3 is 2.77 bits per heavy atom. The Balaban J connectivity index is 1.56. The van der Waals surface area contributed by atoms with Gasteiger partial charge in [-0.05, 0) is 63.1 Å². The van der Waals surface area contributed by atoms with Crippen molar-refractivity contribution in [2.24, 2.45) is 5.92 Å². The SMILES string of the molecule is COc1cc(CNCC2CCN(C)CC2)cc2c1OCCO2. The molecule has 5 nitrogen and oxygen atoms in total. The topological polar surface area (TPSA) is 43.0 Å². The van der Waals surface area contributed by atoms with Gasteiger partial charge in [0.2, 0.25) is 5.75 Å². The second kappa shape index (κ2) is 7.20. The van der Waals surface area contributed by atoms with E-state index in [0.717, 1.165) is 36.3 Å². The number of fused-ring (bicyclic) bond motifs is 1. The highest BCUT2D eigenvalue weighted by Gasteiger charge is 2.19. The van der Waals surface area contributed by atoms with Crippen LogP contribution < -0.4 is 19.5 Å². The largest absolute Gasteiger partial charge is 0.493 e. The molecule has 2 aliphatic heterocycles. The van der Waals surface area contributed by atoms with Gasteiger partial charge in [-0.15, -0.1) is 0 Å².